The Morgan fingerprint density at radius 3 is 2.62 bits per heavy atom. The van der Waals surface area contributed by atoms with Crippen LogP contribution in [-0.2, 0) is 16.1 Å². The van der Waals surface area contributed by atoms with E-state index in [-0.39, 0.29) is 11.8 Å². The molecule has 0 spiro atoms. The zero-order valence-corrected chi connectivity index (χ0v) is 14.6. The Morgan fingerprint density at radius 1 is 1.33 bits per heavy atom. The Bertz CT molecular complexity index is 555. The van der Waals surface area contributed by atoms with Crippen LogP contribution in [0, 0.1) is 18.8 Å². The van der Waals surface area contributed by atoms with Crippen LogP contribution >= 0.6 is 0 Å². The Balaban J connectivity index is 1.98. The molecule has 2 rings (SSSR count). The van der Waals surface area contributed by atoms with Gasteiger partial charge in [0.25, 0.3) is 0 Å². The number of carbonyl (C=O) groups is 1. The molecule has 1 aliphatic heterocycles. The van der Waals surface area contributed by atoms with Crippen LogP contribution in [-0.4, -0.2) is 45.1 Å². The molecular formula is C18H27NO5. The molecule has 134 valence electrons. The van der Waals surface area contributed by atoms with Gasteiger partial charge in [0.1, 0.15) is 0 Å². The van der Waals surface area contributed by atoms with Crippen LogP contribution in [0.1, 0.15) is 24.0 Å². The van der Waals surface area contributed by atoms with Crippen molar-refractivity contribution in [2.75, 3.05) is 34.0 Å². The molecule has 0 aliphatic carbocycles. The summed E-state index contributed by atoms with van der Waals surface area (Å²) in [6.07, 6.45) is 1.63. The molecule has 1 aliphatic rings. The van der Waals surface area contributed by atoms with E-state index < -0.39 is 5.97 Å². The minimum Gasteiger partial charge on any atom is -0.493 e. The van der Waals surface area contributed by atoms with Gasteiger partial charge in [0.2, 0.25) is 0 Å². The van der Waals surface area contributed by atoms with E-state index in [0.29, 0.717) is 32.1 Å². The molecular weight excluding hydrogens is 310 g/mol. The van der Waals surface area contributed by atoms with Gasteiger partial charge in [-0.2, -0.15) is 0 Å². The first kappa shape index (κ1) is 18.5. The van der Waals surface area contributed by atoms with Crippen molar-refractivity contribution in [2.24, 2.45) is 11.8 Å². The molecule has 2 N–H and O–H groups in total. The lowest BCUT2D eigenvalue weighted by Crippen LogP contribution is -2.36. The third-order valence-corrected chi connectivity index (χ3v) is 4.74. The number of methoxy groups -OCH3 is 2. The highest BCUT2D eigenvalue weighted by Gasteiger charge is 2.29. The number of hydrogen-bond donors (Lipinski definition) is 2. The summed E-state index contributed by atoms with van der Waals surface area (Å²) in [6.45, 7) is 4.34. The number of ether oxygens (including phenoxy) is 3. The summed E-state index contributed by atoms with van der Waals surface area (Å²) in [5, 5.41) is 12.8. The molecule has 1 atom stereocenters. The highest BCUT2D eigenvalue weighted by atomic mass is 16.5. The minimum atomic E-state index is -0.738. The SMILES string of the molecule is COc1ccc(CNCC(C(=O)O)C2CCOCC2)c(C)c1OC. The van der Waals surface area contributed by atoms with Gasteiger partial charge in [-0.05, 0) is 42.9 Å². The number of carboxylic acids is 1. The smallest absolute Gasteiger partial charge is 0.308 e. The topological polar surface area (TPSA) is 77.0 Å². The van der Waals surface area contributed by atoms with Gasteiger partial charge in [-0.25, -0.2) is 0 Å². The van der Waals surface area contributed by atoms with Gasteiger partial charge in [-0.15, -0.1) is 0 Å². The molecule has 0 amide bonds. The lowest BCUT2D eigenvalue weighted by Gasteiger charge is -2.27. The van der Waals surface area contributed by atoms with Gasteiger partial charge in [-0.3, -0.25) is 4.79 Å². The van der Waals surface area contributed by atoms with Crippen LogP contribution in [0.2, 0.25) is 0 Å². The van der Waals surface area contributed by atoms with Crippen LogP contribution in [0.25, 0.3) is 0 Å². The molecule has 6 nitrogen and oxygen atoms in total. The summed E-state index contributed by atoms with van der Waals surface area (Å²) in [6, 6.07) is 3.85. The van der Waals surface area contributed by atoms with Gasteiger partial charge in [0.15, 0.2) is 11.5 Å². The van der Waals surface area contributed by atoms with E-state index in [0.717, 1.165) is 29.7 Å². The molecule has 1 aromatic carbocycles. The van der Waals surface area contributed by atoms with E-state index >= 15 is 0 Å². The number of aliphatic carboxylic acids is 1. The normalized spacial score (nSPS) is 16.6. The van der Waals surface area contributed by atoms with Crippen molar-refractivity contribution in [3.63, 3.8) is 0 Å². The van der Waals surface area contributed by atoms with Crippen molar-refractivity contribution < 1.29 is 24.1 Å². The third-order valence-electron chi connectivity index (χ3n) is 4.74. The van der Waals surface area contributed by atoms with Gasteiger partial charge in [0.05, 0.1) is 20.1 Å². The first-order valence-corrected chi connectivity index (χ1v) is 8.30. The van der Waals surface area contributed by atoms with Crippen molar-refractivity contribution in [3.8, 4) is 11.5 Å². The summed E-state index contributed by atoms with van der Waals surface area (Å²) in [7, 11) is 3.23. The largest absolute Gasteiger partial charge is 0.493 e. The van der Waals surface area contributed by atoms with Crippen LogP contribution < -0.4 is 14.8 Å². The molecule has 1 saturated heterocycles. The van der Waals surface area contributed by atoms with Gasteiger partial charge in [-0.1, -0.05) is 6.07 Å². The monoisotopic (exact) mass is 337 g/mol. The van der Waals surface area contributed by atoms with E-state index in [1.54, 1.807) is 14.2 Å². The number of carboxylic acid groups (broad SMARTS) is 1. The third kappa shape index (κ3) is 4.39. The average molecular weight is 337 g/mol. The first-order chi connectivity index (χ1) is 11.6. The summed E-state index contributed by atoms with van der Waals surface area (Å²) in [5.74, 6) is 0.475. The van der Waals surface area contributed by atoms with Crippen LogP contribution in [0.5, 0.6) is 11.5 Å². The molecule has 1 heterocycles. The van der Waals surface area contributed by atoms with Crippen LogP contribution in [0.3, 0.4) is 0 Å². The van der Waals surface area contributed by atoms with Gasteiger partial charge in [0, 0.05) is 26.3 Å². The summed E-state index contributed by atoms with van der Waals surface area (Å²) in [5.41, 5.74) is 2.08. The number of hydrogen-bond acceptors (Lipinski definition) is 5. The quantitative estimate of drug-likeness (QED) is 0.757. The van der Waals surface area contributed by atoms with Crippen LogP contribution in [0.4, 0.5) is 0 Å². The molecule has 1 unspecified atom stereocenters. The van der Waals surface area contributed by atoms with Crippen molar-refractivity contribution >= 4 is 5.97 Å². The van der Waals surface area contributed by atoms with E-state index in [2.05, 4.69) is 5.32 Å². The van der Waals surface area contributed by atoms with Crippen molar-refractivity contribution in [1.29, 1.82) is 0 Å². The molecule has 0 saturated carbocycles. The fourth-order valence-electron chi connectivity index (χ4n) is 3.25. The summed E-state index contributed by atoms with van der Waals surface area (Å²) in [4.78, 5) is 11.6. The molecule has 24 heavy (non-hydrogen) atoms. The van der Waals surface area contributed by atoms with Crippen LogP contribution in [0.15, 0.2) is 12.1 Å². The van der Waals surface area contributed by atoms with Crippen molar-refractivity contribution in [2.45, 2.75) is 26.3 Å². The predicted octanol–water partition coefficient (Wildman–Crippen LogP) is 2.23. The van der Waals surface area contributed by atoms with Gasteiger partial charge < -0.3 is 24.6 Å². The Kier molecular flexibility index (Phi) is 6.87. The fourth-order valence-corrected chi connectivity index (χ4v) is 3.25. The predicted molar refractivity (Wildman–Crippen MR) is 90.7 cm³/mol. The Hall–Kier alpha value is -1.79. The fraction of sp³-hybridized carbons (Fsp3) is 0.611. The molecule has 0 radical (unpaired) electrons. The second-order valence-corrected chi connectivity index (χ2v) is 6.11. The molecule has 6 heteroatoms. The van der Waals surface area contributed by atoms with E-state index in [1.807, 2.05) is 19.1 Å². The highest BCUT2D eigenvalue weighted by Crippen LogP contribution is 2.32. The zero-order valence-electron chi connectivity index (χ0n) is 14.6. The molecule has 1 aromatic rings. The Morgan fingerprint density at radius 2 is 2.04 bits per heavy atom. The van der Waals surface area contributed by atoms with E-state index in [1.165, 1.54) is 0 Å². The Labute approximate surface area is 143 Å². The number of rotatable bonds is 8. The van der Waals surface area contributed by atoms with Crippen molar-refractivity contribution in [3.05, 3.63) is 23.3 Å². The highest BCUT2D eigenvalue weighted by molar-refractivity contribution is 5.70. The maximum Gasteiger partial charge on any atom is 0.308 e. The number of nitrogens with one attached hydrogen (secondary N) is 1. The molecule has 0 bridgehead atoms. The summed E-state index contributed by atoms with van der Waals surface area (Å²) < 4.78 is 16.0. The van der Waals surface area contributed by atoms with E-state index in [9.17, 15) is 9.90 Å². The lowest BCUT2D eigenvalue weighted by molar-refractivity contribution is -0.144. The molecule has 1 fully saturated rings. The second-order valence-electron chi connectivity index (χ2n) is 6.11. The minimum absolute atomic E-state index is 0.176. The summed E-state index contributed by atoms with van der Waals surface area (Å²) >= 11 is 0. The standard InChI is InChI=1S/C18H27NO5/c1-12-14(4-5-16(22-2)17(12)23-3)10-19-11-15(18(20)21)13-6-8-24-9-7-13/h4-5,13,15,19H,6-11H2,1-3H3,(H,20,21). The first-order valence-electron chi connectivity index (χ1n) is 8.30. The maximum absolute atomic E-state index is 11.6. The van der Waals surface area contributed by atoms with E-state index in [4.69, 9.17) is 14.2 Å². The number of benzene rings is 1. The molecule has 0 aromatic heterocycles. The maximum atomic E-state index is 11.6. The van der Waals surface area contributed by atoms with Gasteiger partial charge >= 0.3 is 5.97 Å². The average Bonchev–Trinajstić information content (AvgIpc) is 2.60. The second kappa shape index (κ2) is 8.89. The van der Waals surface area contributed by atoms with Crippen molar-refractivity contribution in [1.82, 2.24) is 5.32 Å². The zero-order chi connectivity index (χ0) is 17.5. The lowest BCUT2D eigenvalue weighted by atomic mass is 9.86.